The van der Waals surface area contributed by atoms with Crippen LogP contribution in [0.25, 0.3) is 0 Å². The first-order valence-electron chi connectivity index (χ1n) is 7.32. The van der Waals surface area contributed by atoms with Crippen molar-refractivity contribution >= 4 is 10.2 Å². The largest absolute Gasteiger partial charge is 0.282 e. The molecule has 0 saturated carbocycles. The fourth-order valence-corrected chi connectivity index (χ4v) is 5.62. The topological polar surface area (TPSA) is 40.6 Å². The Labute approximate surface area is 121 Å². The summed E-state index contributed by atoms with van der Waals surface area (Å²) in [4.78, 5) is 0. The standard InChI is InChI=1S/C15H22N2O2S/c1-12(2)15-9-8-14-11-16(20(18,19)17(14)15)10-13-6-4-3-5-7-13/h3-7,12,14-15H,8-11H2,1-2H3/t14-,15+/m0/s1. The fourth-order valence-electron chi connectivity index (χ4n) is 3.44. The average molecular weight is 294 g/mol. The molecule has 0 bridgehead atoms. The summed E-state index contributed by atoms with van der Waals surface area (Å²) in [6.07, 6.45) is 1.99. The van der Waals surface area contributed by atoms with Gasteiger partial charge in [0.15, 0.2) is 0 Å². The Morgan fingerprint density at radius 3 is 2.55 bits per heavy atom. The van der Waals surface area contributed by atoms with Gasteiger partial charge in [-0.3, -0.25) is 0 Å². The molecule has 0 radical (unpaired) electrons. The molecule has 4 nitrogen and oxygen atoms in total. The predicted molar refractivity (Wildman–Crippen MR) is 79.3 cm³/mol. The molecular formula is C15H22N2O2S. The van der Waals surface area contributed by atoms with E-state index in [0.29, 0.717) is 19.0 Å². The molecule has 2 aliphatic rings. The zero-order valence-electron chi connectivity index (χ0n) is 12.1. The van der Waals surface area contributed by atoms with Crippen molar-refractivity contribution in [3.05, 3.63) is 35.9 Å². The predicted octanol–water partition coefficient (Wildman–Crippen LogP) is 2.24. The van der Waals surface area contributed by atoms with Gasteiger partial charge in [0.25, 0.3) is 10.2 Å². The summed E-state index contributed by atoms with van der Waals surface area (Å²) in [7, 11) is -3.29. The highest BCUT2D eigenvalue weighted by atomic mass is 32.2. The van der Waals surface area contributed by atoms with Crippen LogP contribution in [-0.2, 0) is 16.8 Å². The van der Waals surface area contributed by atoms with E-state index in [1.54, 1.807) is 8.61 Å². The van der Waals surface area contributed by atoms with Crippen molar-refractivity contribution in [3.63, 3.8) is 0 Å². The van der Waals surface area contributed by atoms with Crippen molar-refractivity contribution < 1.29 is 8.42 Å². The van der Waals surface area contributed by atoms with E-state index in [9.17, 15) is 8.42 Å². The smallest absolute Gasteiger partial charge is 0.195 e. The summed E-state index contributed by atoms with van der Waals surface area (Å²) in [5.74, 6) is 0.381. The van der Waals surface area contributed by atoms with E-state index in [1.165, 1.54) is 0 Å². The third-order valence-corrected chi connectivity index (χ3v) is 6.49. The quantitative estimate of drug-likeness (QED) is 0.858. The first-order valence-corrected chi connectivity index (χ1v) is 8.72. The lowest BCUT2D eigenvalue weighted by Crippen LogP contribution is -2.41. The van der Waals surface area contributed by atoms with E-state index < -0.39 is 10.2 Å². The Hall–Kier alpha value is -0.910. The highest BCUT2D eigenvalue weighted by molar-refractivity contribution is 7.87. The molecule has 2 saturated heterocycles. The van der Waals surface area contributed by atoms with E-state index in [2.05, 4.69) is 13.8 Å². The Morgan fingerprint density at radius 1 is 1.20 bits per heavy atom. The molecule has 2 fully saturated rings. The van der Waals surface area contributed by atoms with Gasteiger partial charge in [0, 0.05) is 25.2 Å². The van der Waals surface area contributed by atoms with Gasteiger partial charge in [-0.2, -0.15) is 17.0 Å². The monoisotopic (exact) mass is 294 g/mol. The average Bonchev–Trinajstić information content (AvgIpc) is 2.92. The lowest BCUT2D eigenvalue weighted by atomic mass is 10.0. The SMILES string of the molecule is CC(C)[C@H]1CC[C@H]2CN(Cc3ccccc3)S(=O)(=O)N21. The van der Waals surface area contributed by atoms with Crippen LogP contribution in [0.4, 0.5) is 0 Å². The molecule has 0 amide bonds. The number of benzene rings is 1. The highest BCUT2D eigenvalue weighted by Crippen LogP contribution is 2.38. The second-order valence-corrected chi connectivity index (χ2v) is 7.99. The third-order valence-electron chi connectivity index (χ3n) is 4.46. The Balaban J connectivity index is 1.83. The molecule has 2 heterocycles. The van der Waals surface area contributed by atoms with Gasteiger partial charge in [-0.1, -0.05) is 44.2 Å². The minimum absolute atomic E-state index is 0.172. The molecule has 0 N–H and O–H groups in total. The molecule has 0 unspecified atom stereocenters. The molecule has 1 aromatic rings. The van der Waals surface area contributed by atoms with Gasteiger partial charge in [-0.15, -0.1) is 0 Å². The molecule has 2 aliphatic heterocycles. The lowest BCUT2D eigenvalue weighted by molar-refractivity contribution is 0.291. The van der Waals surface area contributed by atoms with E-state index in [4.69, 9.17) is 0 Å². The Kier molecular flexibility index (Phi) is 3.60. The summed E-state index contributed by atoms with van der Waals surface area (Å²) in [6, 6.07) is 10.2. The first kappa shape index (κ1) is 14.0. The molecule has 3 rings (SSSR count). The van der Waals surface area contributed by atoms with Gasteiger partial charge >= 0.3 is 0 Å². The van der Waals surface area contributed by atoms with Crippen LogP contribution < -0.4 is 0 Å². The third kappa shape index (κ3) is 2.28. The van der Waals surface area contributed by atoms with Gasteiger partial charge in [0.1, 0.15) is 0 Å². The lowest BCUT2D eigenvalue weighted by Gasteiger charge is -2.26. The van der Waals surface area contributed by atoms with Gasteiger partial charge in [0.2, 0.25) is 0 Å². The molecule has 0 aromatic heterocycles. The zero-order chi connectivity index (χ0) is 14.3. The summed E-state index contributed by atoms with van der Waals surface area (Å²) >= 11 is 0. The normalized spacial score (nSPS) is 29.9. The summed E-state index contributed by atoms with van der Waals surface area (Å²) < 4.78 is 28.9. The van der Waals surface area contributed by atoms with E-state index in [1.807, 2.05) is 30.3 Å². The summed E-state index contributed by atoms with van der Waals surface area (Å²) in [6.45, 7) is 5.35. The maximum atomic E-state index is 12.7. The van der Waals surface area contributed by atoms with Crippen LogP contribution in [0.1, 0.15) is 32.3 Å². The van der Waals surface area contributed by atoms with E-state index in [0.717, 1.165) is 18.4 Å². The molecule has 2 atom stereocenters. The van der Waals surface area contributed by atoms with Crippen LogP contribution in [-0.4, -0.2) is 35.7 Å². The number of nitrogens with zero attached hydrogens (tertiary/aromatic N) is 2. The van der Waals surface area contributed by atoms with Crippen LogP contribution in [0.15, 0.2) is 30.3 Å². The van der Waals surface area contributed by atoms with Crippen LogP contribution in [0.2, 0.25) is 0 Å². The molecule has 0 spiro atoms. The number of rotatable bonds is 3. The van der Waals surface area contributed by atoms with Crippen LogP contribution in [0.5, 0.6) is 0 Å². The maximum absolute atomic E-state index is 12.7. The molecule has 0 aliphatic carbocycles. The van der Waals surface area contributed by atoms with Crippen molar-refractivity contribution in [2.45, 2.75) is 45.3 Å². The highest BCUT2D eigenvalue weighted by Gasteiger charge is 2.51. The number of hydrogen-bond acceptors (Lipinski definition) is 2. The van der Waals surface area contributed by atoms with Crippen molar-refractivity contribution in [2.24, 2.45) is 5.92 Å². The van der Waals surface area contributed by atoms with Crippen molar-refractivity contribution in [1.82, 2.24) is 8.61 Å². The molecule has 5 heteroatoms. The maximum Gasteiger partial charge on any atom is 0.282 e. The molecule has 20 heavy (non-hydrogen) atoms. The van der Waals surface area contributed by atoms with E-state index >= 15 is 0 Å². The molecule has 1 aromatic carbocycles. The minimum Gasteiger partial charge on any atom is -0.195 e. The second-order valence-electron chi connectivity index (χ2n) is 6.16. The second kappa shape index (κ2) is 5.13. The van der Waals surface area contributed by atoms with Gasteiger partial charge in [-0.25, -0.2) is 0 Å². The Morgan fingerprint density at radius 2 is 1.90 bits per heavy atom. The van der Waals surface area contributed by atoms with Crippen LogP contribution >= 0.6 is 0 Å². The first-order chi connectivity index (χ1) is 9.50. The van der Waals surface area contributed by atoms with Gasteiger partial charge in [0.05, 0.1) is 0 Å². The summed E-state index contributed by atoms with van der Waals surface area (Å²) in [5.41, 5.74) is 1.05. The van der Waals surface area contributed by atoms with Crippen LogP contribution in [0, 0.1) is 5.92 Å². The van der Waals surface area contributed by atoms with Crippen molar-refractivity contribution in [2.75, 3.05) is 6.54 Å². The van der Waals surface area contributed by atoms with Crippen LogP contribution in [0.3, 0.4) is 0 Å². The van der Waals surface area contributed by atoms with E-state index in [-0.39, 0.29) is 12.1 Å². The molecular weight excluding hydrogens is 272 g/mol. The Bertz CT molecular complexity index is 571. The van der Waals surface area contributed by atoms with Gasteiger partial charge < -0.3 is 0 Å². The number of fused-ring (bicyclic) bond motifs is 1. The van der Waals surface area contributed by atoms with Gasteiger partial charge in [-0.05, 0) is 24.3 Å². The number of hydrogen-bond donors (Lipinski definition) is 0. The molecule has 110 valence electrons. The van der Waals surface area contributed by atoms with Crippen molar-refractivity contribution in [3.8, 4) is 0 Å². The zero-order valence-corrected chi connectivity index (χ0v) is 12.9. The minimum atomic E-state index is -3.29. The fraction of sp³-hybridized carbons (Fsp3) is 0.600. The van der Waals surface area contributed by atoms with Crippen molar-refractivity contribution in [1.29, 1.82) is 0 Å². The summed E-state index contributed by atoms with van der Waals surface area (Å²) in [5, 5.41) is 0.